The standard InChI is InChI=1S/C10H14N2O4/c1-16-10-8(12)5(2-3-7(13)14)4-6(11)9(10)15/h4,15H,2-3,11-12H2,1H3,(H,13,14). The zero-order valence-corrected chi connectivity index (χ0v) is 8.86. The Morgan fingerprint density at radius 3 is 2.62 bits per heavy atom. The number of carboxylic acids is 1. The van der Waals surface area contributed by atoms with Gasteiger partial charge < -0.3 is 26.4 Å². The minimum Gasteiger partial charge on any atom is -0.503 e. The first-order chi connectivity index (χ1) is 7.47. The maximum absolute atomic E-state index is 10.4. The molecule has 0 radical (unpaired) electrons. The third-order valence-electron chi connectivity index (χ3n) is 2.22. The molecule has 88 valence electrons. The van der Waals surface area contributed by atoms with Gasteiger partial charge in [-0.25, -0.2) is 0 Å². The third kappa shape index (κ3) is 2.28. The topological polar surface area (TPSA) is 119 Å². The van der Waals surface area contributed by atoms with Crippen molar-refractivity contribution in [3.63, 3.8) is 0 Å². The quantitative estimate of drug-likeness (QED) is 0.440. The van der Waals surface area contributed by atoms with Gasteiger partial charge in [-0.15, -0.1) is 0 Å². The minimum absolute atomic E-state index is 0.0580. The summed E-state index contributed by atoms with van der Waals surface area (Å²) < 4.78 is 4.90. The predicted molar refractivity (Wildman–Crippen MR) is 59.4 cm³/mol. The molecule has 0 aliphatic carbocycles. The van der Waals surface area contributed by atoms with Crippen LogP contribution in [-0.4, -0.2) is 23.3 Å². The van der Waals surface area contributed by atoms with E-state index in [1.807, 2.05) is 0 Å². The number of phenolic OH excluding ortho intramolecular Hbond substituents is 1. The lowest BCUT2D eigenvalue weighted by Crippen LogP contribution is -2.04. The van der Waals surface area contributed by atoms with Crippen LogP contribution in [0.15, 0.2) is 6.07 Å². The fraction of sp³-hybridized carbons (Fsp3) is 0.300. The fourth-order valence-corrected chi connectivity index (χ4v) is 1.39. The highest BCUT2D eigenvalue weighted by molar-refractivity contribution is 5.75. The molecule has 0 bridgehead atoms. The molecule has 0 heterocycles. The number of hydrogen-bond donors (Lipinski definition) is 4. The third-order valence-corrected chi connectivity index (χ3v) is 2.22. The van der Waals surface area contributed by atoms with Crippen LogP contribution in [0.5, 0.6) is 11.5 Å². The lowest BCUT2D eigenvalue weighted by atomic mass is 10.1. The molecule has 0 atom stereocenters. The summed E-state index contributed by atoms with van der Waals surface area (Å²) in [5, 5.41) is 18.1. The highest BCUT2D eigenvalue weighted by Gasteiger charge is 2.15. The summed E-state index contributed by atoms with van der Waals surface area (Å²) in [6, 6.07) is 1.45. The Morgan fingerprint density at radius 2 is 2.12 bits per heavy atom. The van der Waals surface area contributed by atoms with Crippen molar-refractivity contribution in [2.75, 3.05) is 18.6 Å². The van der Waals surface area contributed by atoms with E-state index < -0.39 is 5.97 Å². The van der Waals surface area contributed by atoms with Crippen molar-refractivity contribution >= 4 is 17.3 Å². The Morgan fingerprint density at radius 1 is 1.50 bits per heavy atom. The van der Waals surface area contributed by atoms with Gasteiger partial charge >= 0.3 is 5.97 Å². The maximum Gasteiger partial charge on any atom is 0.303 e. The first-order valence-electron chi connectivity index (χ1n) is 4.63. The first-order valence-corrected chi connectivity index (χ1v) is 4.63. The van der Waals surface area contributed by atoms with Crippen LogP contribution >= 0.6 is 0 Å². The van der Waals surface area contributed by atoms with Gasteiger partial charge in [-0.2, -0.15) is 0 Å². The van der Waals surface area contributed by atoms with E-state index in [1.165, 1.54) is 13.2 Å². The van der Waals surface area contributed by atoms with Crippen molar-refractivity contribution in [3.8, 4) is 11.5 Å². The van der Waals surface area contributed by atoms with Crippen LogP contribution in [0.25, 0.3) is 0 Å². The Labute approximate surface area is 92.4 Å². The molecule has 0 amide bonds. The van der Waals surface area contributed by atoms with E-state index in [1.54, 1.807) is 0 Å². The number of rotatable bonds is 4. The van der Waals surface area contributed by atoms with Gasteiger partial charge in [0.1, 0.15) is 0 Å². The number of nitrogen functional groups attached to an aromatic ring is 2. The van der Waals surface area contributed by atoms with E-state index in [0.29, 0.717) is 5.56 Å². The van der Waals surface area contributed by atoms with Crippen LogP contribution in [0.1, 0.15) is 12.0 Å². The van der Waals surface area contributed by atoms with Gasteiger partial charge in [0.2, 0.25) is 0 Å². The molecule has 0 unspecified atom stereocenters. The molecule has 0 saturated carbocycles. The summed E-state index contributed by atoms with van der Waals surface area (Å²) in [5.41, 5.74) is 12.1. The van der Waals surface area contributed by atoms with Crippen molar-refractivity contribution in [3.05, 3.63) is 11.6 Å². The van der Waals surface area contributed by atoms with Gasteiger partial charge in [-0.05, 0) is 18.1 Å². The summed E-state index contributed by atoms with van der Waals surface area (Å²) in [7, 11) is 1.35. The molecule has 0 aliphatic rings. The molecule has 1 rings (SSSR count). The molecule has 6 N–H and O–H groups in total. The number of benzene rings is 1. The van der Waals surface area contributed by atoms with Gasteiger partial charge in [0, 0.05) is 6.42 Å². The van der Waals surface area contributed by atoms with Crippen molar-refractivity contribution in [2.45, 2.75) is 12.8 Å². The normalized spacial score (nSPS) is 10.1. The molecule has 6 nitrogen and oxygen atoms in total. The number of nitrogens with two attached hydrogens (primary N) is 2. The van der Waals surface area contributed by atoms with Crippen LogP contribution in [0.4, 0.5) is 11.4 Å². The van der Waals surface area contributed by atoms with Crippen molar-refractivity contribution in [1.29, 1.82) is 0 Å². The second-order valence-corrected chi connectivity index (χ2v) is 3.31. The molecule has 1 aromatic rings. The predicted octanol–water partition coefficient (Wildman–Crippen LogP) is 0.582. The summed E-state index contributed by atoms with van der Waals surface area (Å²) in [4.78, 5) is 10.4. The van der Waals surface area contributed by atoms with Gasteiger partial charge in [0.25, 0.3) is 0 Å². The Bertz CT molecular complexity index is 418. The van der Waals surface area contributed by atoms with Crippen LogP contribution in [0, 0.1) is 0 Å². The zero-order valence-electron chi connectivity index (χ0n) is 8.86. The van der Waals surface area contributed by atoms with E-state index in [-0.39, 0.29) is 35.7 Å². The number of aliphatic carboxylic acids is 1. The second-order valence-electron chi connectivity index (χ2n) is 3.31. The largest absolute Gasteiger partial charge is 0.503 e. The maximum atomic E-state index is 10.4. The fourth-order valence-electron chi connectivity index (χ4n) is 1.39. The Balaban J connectivity index is 3.10. The molecule has 6 heteroatoms. The van der Waals surface area contributed by atoms with E-state index in [4.69, 9.17) is 21.3 Å². The summed E-state index contributed by atoms with van der Waals surface area (Å²) in [6.45, 7) is 0. The second kappa shape index (κ2) is 4.61. The number of carbonyl (C=O) groups is 1. The average Bonchev–Trinajstić information content (AvgIpc) is 2.22. The summed E-state index contributed by atoms with van der Waals surface area (Å²) in [5.74, 6) is -1.07. The van der Waals surface area contributed by atoms with Crippen molar-refractivity contribution < 1.29 is 19.7 Å². The Hall–Kier alpha value is -2.11. The molecule has 0 aliphatic heterocycles. The van der Waals surface area contributed by atoms with E-state index in [0.717, 1.165) is 0 Å². The van der Waals surface area contributed by atoms with Crippen molar-refractivity contribution in [2.24, 2.45) is 0 Å². The number of aryl methyl sites for hydroxylation is 1. The zero-order chi connectivity index (χ0) is 12.3. The lowest BCUT2D eigenvalue weighted by Gasteiger charge is -2.13. The lowest BCUT2D eigenvalue weighted by molar-refractivity contribution is -0.136. The molecule has 0 fully saturated rings. The van der Waals surface area contributed by atoms with Gasteiger partial charge in [0.05, 0.1) is 18.5 Å². The smallest absolute Gasteiger partial charge is 0.303 e. The molecule has 0 spiro atoms. The van der Waals surface area contributed by atoms with Crippen molar-refractivity contribution in [1.82, 2.24) is 0 Å². The van der Waals surface area contributed by atoms with Crippen LogP contribution in [0.3, 0.4) is 0 Å². The minimum atomic E-state index is -0.926. The molecular weight excluding hydrogens is 212 g/mol. The molecule has 0 saturated heterocycles. The first kappa shape index (κ1) is 12.0. The van der Waals surface area contributed by atoms with Crippen LogP contribution in [0.2, 0.25) is 0 Å². The number of anilines is 2. The van der Waals surface area contributed by atoms with Gasteiger partial charge in [0.15, 0.2) is 11.5 Å². The number of ether oxygens (including phenoxy) is 1. The molecule has 16 heavy (non-hydrogen) atoms. The van der Waals surface area contributed by atoms with E-state index in [2.05, 4.69) is 0 Å². The van der Waals surface area contributed by atoms with E-state index >= 15 is 0 Å². The highest BCUT2D eigenvalue weighted by Crippen LogP contribution is 2.40. The van der Waals surface area contributed by atoms with Gasteiger partial charge in [-0.3, -0.25) is 4.79 Å². The molecular formula is C10H14N2O4. The molecule has 1 aromatic carbocycles. The summed E-state index contributed by atoms with van der Waals surface area (Å²) in [6.07, 6.45) is 0.180. The average molecular weight is 226 g/mol. The van der Waals surface area contributed by atoms with Crippen LogP contribution < -0.4 is 16.2 Å². The Kier molecular flexibility index (Phi) is 3.44. The number of carboxylic acid groups (broad SMARTS) is 1. The van der Waals surface area contributed by atoms with Crippen LogP contribution in [-0.2, 0) is 11.2 Å². The monoisotopic (exact) mass is 226 g/mol. The number of hydrogen-bond acceptors (Lipinski definition) is 5. The van der Waals surface area contributed by atoms with Gasteiger partial charge in [-0.1, -0.05) is 0 Å². The number of methoxy groups -OCH3 is 1. The number of phenols is 1. The van der Waals surface area contributed by atoms with E-state index in [9.17, 15) is 9.90 Å². The molecule has 0 aromatic heterocycles. The number of aromatic hydroxyl groups is 1. The highest BCUT2D eigenvalue weighted by atomic mass is 16.5. The summed E-state index contributed by atoms with van der Waals surface area (Å²) >= 11 is 0. The SMILES string of the molecule is COc1c(N)c(CCC(=O)O)cc(N)c1O.